The number of hydrogen-bond acceptors (Lipinski definition) is 4. The van der Waals surface area contributed by atoms with Crippen molar-refractivity contribution >= 4 is 0 Å². The minimum absolute atomic E-state index is 0.348. The van der Waals surface area contributed by atoms with E-state index < -0.39 is 0 Å². The van der Waals surface area contributed by atoms with Crippen LogP contribution in [0.2, 0.25) is 0 Å². The summed E-state index contributed by atoms with van der Waals surface area (Å²) in [5.74, 6) is 0.682. The Morgan fingerprint density at radius 2 is 2.33 bits per heavy atom. The van der Waals surface area contributed by atoms with Crippen molar-refractivity contribution < 1.29 is 4.52 Å². The fourth-order valence-electron chi connectivity index (χ4n) is 1.44. The number of rotatable bonds is 3. The molecule has 0 aliphatic carbocycles. The molecule has 15 heavy (non-hydrogen) atoms. The summed E-state index contributed by atoms with van der Waals surface area (Å²) in [4.78, 5) is 4.10. The molecule has 0 aliphatic rings. The fourth-order valence-corrected chi connectivity index (χ4v) is 1.44. The predicted molar refractivity (Wildman–Crippen MR) is 56.0 cm³/mol. The van der Waals surface area contributed by atoms with Gasteiger partial charge in [-0.05, 0) is 13.8 Å². The Kier molecular flexibility index (Phi) is 2.55. The zero-order valence-corrected chi connectivity index (χ0v) is 8.84. The van der Waals surface area contributed by atoms with Crippen LogP contribution >= 0.6 is 0 Å². The first-order valence-electron chi connectivity index (χ1n) is 4.90. The molecule has 0 bridgehead atoms. The molecule has 0 spiro atoms. The summed E-state index contributed by atoms with van der Waals surface area (Å²) >= 11 is 0. The molecular weight excluding hydrogens is 192 g/mol. The lowest BCUT2D eigenvalue weighted by molar-refractivity contribution is 0.386. The van der Waals surface area contributed by atoms with Gasteiger partial charge in [-0.2, -0.15) is 0 Å². The first-order valence-corrected chi connectivity index (χ1v) is 4.90. The van der Waals surface area contributed by atoms with E-state index in [-0.39, 0.29) is 0 Å². The van der Waals surface area contributed by atoms with Crippen LogP contribution in [0.25, 0.3) is 11.4 Å². The molecule has 2 aromatic heterocycles. The summed E-state index contributed by atoms with van der Waals surface area (Å²) in [6.45, 7) is 4.55. The Bertz CT molecular complexity index is 444. The van der Waals surface area contributed by atoms with Gasteiger partial charge in [0.1, 0.15) is 5.69 Å². The van der Waals surface area contributed by atoms with Crippen molar-refractivity contribution in [1.29, 1.82) is 0 Å². The molecule has 0 unspecified atom stereocenters. The van der Waals surface area contributed by atoms with Gasteiger partial charge in [-0.1, -0.05) is 5.16 Å². The van der Waals surface area contributed by atoms with Crippen molar-refractivity contribution in [3.8, 4) is 11.4 Å². The lowest BCUT2D eigenvalue weighted by atomic mass is 10.2. The number of imidazole rings is 1. The Balaban J connectivity index is 2.40. The molecule has 2 aromatic rings. The largest absolute Gasteiger partial charge is 0.359 e. The van der Waals surface area contributed by atoms with Gasteiger partial charge in [0.25, 0.3) is 0 Å². The van der Waals surface area contributed by atoms with Crippen LogP contribution in [-0.4, -0.2) is 14.7 Å². The summed E-state index contributed by atoms with van der Waals surface area (Å²) < 4.78 is 7.10. The molecule has 2 rings (SSSR count). The molecule has 0 aromatic carbocycles. The highest BCUT2D eigenvalue weighted by molar-refractivity contribution is 5.53. The minimum atomic E-state index is 0.348. The maximum Gasteiger partial charge on any atom is 0.150 e. The highest BCUT2D eigenvalue weighted by Crippen LogP contribution is 2.21. The van der Waals surface area contributed by atoms with E-state index in [0.717, 1.165) is 11.4 Å². The molecule has 80 valence electrons. The van der Waals surface area contributed by atoms with Crippen molar-refractivity contribution in [3.63, 3.8) is 0 Å². The molecule has 0 fully saturated rings. The second kappa shape index (κ2) is 3.86. The second-order valence-electron chi connectivity index (χ2n) is 3.66. The molecule has 0 saturated heterocycles. The summed E-state index contributed by atoms with van der Waals surface area (Å²) in [6, 6.07) is 2.19. The minimum Gasteiger partial charge on any atom is -0.359 e. The Hall–Kier alpha value is -1.62. The molecule has 2 N–H and O–H groups in total. The highest BCUT2D eigenvalue weighted by Gasteiger charge is 2.11. The average Bonchev–Trinajstić information content (AvgIpc) is 2.85. The fraction of sp³-hybridized carbons (Fsp3) is 0.400. The van der Waals surface area contributed by atoms with E-state index in [0.29, 0.717) is 18.3 Å². The van der Waals surface area contributed by atoms with E-state index >= 15 is 0 Å². The SMILES string of the molecule is CC(C)n1cncc1-c1cc(CN)on1. The number of aromatic nitrogens is 3. The van der Waals surface area contributed by atoms with Crippen molar-refractivity contribution in [3.05, 3.63) is 24.4 Å². The van der Waals surface area contributed by atoms with Gasteiger partial charge in [-0.3, -0.25) is 0 Å². The van der Waals surface area contributed by atoms with Gasteiger partial charge in [-0.25, -0.2) is 4.98 Å². The van der Waals surface area contributed by atoms with E-state index in [2.05, 4.69) is 24.0 Å². The van der Waals surface area contributed by atoms with Gasteiger partial charge in [-0.15, -0.1) is 0 Å². The van der Waals surface area contributed by atoms with Gasteiger partial charge < -0.3 is 14.8 Å². The van der Waals surface area contributed by atoms with Crippen molar-refractivity contribution in [2.75, 3.05) is 0 Å². The van der Waals surface area contributed by atoms with Crippen molar-refractivity contribution in [2.24, 2.45) is 5.73 Å². The summed E-state index contributed by atoms with van der Waals surface area (Å²) in [5.41, 5.74) is 7.19. The Labute approximate surface area is 87.9 Å². The maximum atomic E-state index is 5.46. The van der Waals surface area contributed by atoms with E-state index in [1.165, 1.54) is 0 Å². The molecule has 0 saturated carbocycles. The monoisotopic (exact) mass is 206 g/mol. The number of nitrogens with zero attached hydrogens (tertiary/aromatic N) is 3. The molecular formula is C10H14N4O. The number of nitrogens with two attached hydrogens (primary N) is 1. The van der Waals surface area contributed by atoms with Crippen LogP contribution in [0.4, 0.5) is 0 Å². The molecule has 5 nitrogen and oxygen atoms in total. The summed E-state index contributed by atoms with van der Waals surface area (Å²) in [6.07, 6.45) is 3.56. The molecule has 0 atom stereocenters. The van der Waals surface area contributed by atoms with Gasteiger partial charge in [0, 0.05) is 12.1 Å². The first-order chi connectivity index (χ1) is 7.22. The molecule has 0 aliphatic heterocycles. The second-order valence-corrected chi connectivity index (χ2v) is 3.66. The molecule has 5 heteroatoms. The van der Waals surface area contributed by atoms with Gasteiger partial charge in [0.05, 0.1) is 24.8 Å². The van der Waals surface area contributed by atoms with Crippen molar-refractivity contribution in [2.45, 2.75) is 26.4 Å². The normalized spacial score (nSPS) is 11.2. The summed E-state index contributed by atoms with van der Waals surface area (Å²) in [5, 5.41) is 3.96. The highest BCUT2D eigenvalue weighted by atomic mass is 16.5. The lowest BCUT2D eigenvalue weighted by Crippen LogP contribution is -2.00. The Morgan fingerprint density at radius 3 is 2.93 bits per heavy atom. The molecule has 2 heterocycles. The van der Waals surface area contributed by atoms with Crippen LogP contribution in [-0.2, 0) is 6.54 Å². The number of hydrogen-bond donors (Lipinski definition) is 1. The summed E-state index contributed by atoms with van der Waals surface area (Å²) in [7, 11) is 0. The van der Waals surface area contributed by atoms with Crippen LogP contribution < -0.4 is 5.73 Å². The van der Waals surface area contributed by atoms with E-state index in [1.807, 2.05) is 10.6 Å². The smallest absolute Gasteiger partial charge is 0.150 e. The zero-order valence-electron chi connectivity index (χ0n) is 8.84. The van der Waals surface area contributed by atoms with Crippen LogP contribution in [0, 0.1) is 0 Å². The first kappa shape index (κ1) is 9.92. The Morgan fingerprint density at radius 1 is 1.53 bits per heavy atom. The van der Waals surface area contributed by atoms with Crippen LogP contribution in [0.1, 0.15) is 25.6 Å². The van der Waals surface area contributed by atoms with Crippen LogP contribution in [0.3, 0.4) is 0 Å². The van der Waals surface area contributed by atoms with Crippen LogP contribution in [0.15, 0.2) is 23.1 Å². The topological polar surface area (TPSA) is 69.9 Å². The van der Waals surface area contributed by atoms with E-state index in [4.69, 9.17) is 10.3 Å². The van der Waals surface area contributed by atoms with Gasteiger partial charge in [0.15, 0.2) is 5.76 Å². The van der Waals surface area contributed by atoms with E-state index in [9.17, 15) is 0 Å². The van der Waals surface area contributed by atoms with Gasteiger partial charge in [0.2, 0.25) is 0 Å². The van der Waals surface area contributed by atoms with Gasteiger partial charge >= 0.3 is 0 Å². The lowest BCUT2D eigenvalue weighted by Gasteiger charge is -2.08. The molecule has 0 radical (unpaired) electrons. The standard InChI is InChI=1S/C10H14N4O/c1-7(2)14-6-12-5-10(14)9-3-8(4-11)15-13-9/h3,5-7H,4,11H2,1-2H3. The zero-order chi connectivity index (χ0) is 10.8. The third-order valence-electron chi connectivity index (χ3n) is 2.24. The quantitative estimate of drug-likeness (QED) is 0.827. The average molecular weight is 206 g/mol. The third kappa shape index (κ3) is 1.78. The van der Waals surface area contributed by atoms with Crippen molar-refractivity contribution in [1.82, 2.24) is 14.7 Å². The predicted octanol–water partition coefficient (Wildman–Crippen LogP) is 1.58. The third-order valence-corrected chi connectivity index (χ3v) is 2.24. The molecule has 0 amide bonds. The maximum absolute atomic E-state index is 5.46. The van der Waals surface area contributed by atoms with Crippen LogP contribution in [0.5, 0.6) is 0 Å². The van der Waals surface area contributed by atoms with E-state index in [1.54, 1.807) is 12.5 Å².